The van der Waals surface area contributed by atoms with Crippen molar-refractivity contribution in [1.29, 1.82) is 0 Å². The molecule has 0 saturated carbocycles. The first-order valence-corrected chi connectivity index (χ1v) is 12.3. The van der Waals surface area contributed by atoms with Crippen LogP contribution in [0.4, 0.5) is 30.5 Å². The lowest BCUT2D eigenvalue weighted by Crippen LogP contribution is -2.51. The first kappa shape index (κ1) is 26.6. The number of rotatable bonds is 3. The quantitative estimate of drug-likeness (QED) is 0.246. The Kier molecular flexibility index (Phi) is 8.13. The van der Waals surface area contributed by atoms with E-state index in [1.54, 1.807) is 0 Å². The van der Waals surface area contributed by atoms with Crippen molar-refractivity contribution in [1.82, 2.24) is 14.9 Å². The van der Waals surface area contributed by atoms with Crippen LogP contribution >= 0.6 is 23.8 Å². The van der Waals surface area contributed by atoms with Crippen LogP contribution in [-0.4, -0.2) is 52.1 Å². The minimum absolute atomic E-state index is 0.0896. The zero-order chi connectivity index (χ0) is 26.6. The summed E-state index contributed by atoms with van der Waals surface area (Å²) >= 11 is 11.4. The number of alkyl halides is 3. The van der Waals surface area contributed by atoms with E-state index in [9.17, 15) is 13.2 Å². The van der Waals surface area contributed by atoms with Crippen LogP contribution in [0.25, 0.3) is 0 Å². The number of halogens is 4. The molecule has 0 spiro atoms. The third-order valence-electron chi connectivity index (χ3n) is 5.65. The van der Waals surface area contributed by atoms with Gasteiger partial charge in [-0.1, -0.05) is 11.6 Å². The molecule has 3 aromatic rings. The Morgan fingerprint density at radius 3 is 2.08 bits per heavy atom. The summed E-state index contributed by atoms with van der Waals surface area (Å²) in [5.74, 6) is 0.832. The second kappa shape index (κ2) is 11.3. The molecule has 194 valence electrons. The van der Waals surface area contributed by atoms with E-state index in [4.69, 9.17) is 23.8 Å². The van der Waals surface area contributed by atoms with Crippen molar-refractivity contribution < 1.29 is 13.2 Å². The maximum absolute atomic E-state index is 12.9. The zero-order valence-electron chi connectivity index (χ0n) is 20.2. The highest BCUT2D eigenvalue weighted by atomic mass is 35.5. The molecule has 1 fully saturated rings. The van der Waals surface area contributed by atoms with Gasteiger partial charge in [0, 0.05) is 54.0 Å². The largest absolute Gasteiger partial charge is 0.416 e. The number of hydrogen-bond acceptors (Lipinski definition) is 4. The second-order valence-electron chi connectivity index (χ2n) is 8.49. The van der Waals surface area contributed by atoms with Gasteiger partial charge >= 0.3 is 6.18 Å². The number of benzene rings is 2. The molecular weight excluding hydrogens is 523 g/mol. The molecule has 4 rings (SSSR count). The molecule has 1 saturated heterocycles. The van der Waals surface area contributed by atoms with E-state index in [0.717, 1.165) is 42.3 Å². The van der Waals surface area contributed by atoms with Crippen LogP contribution in [0, 0.1) is 13.8 Å². The summed E-state index contributed by atoms with van der Waals surface area (Å²) < 4.78 is 38.6. The first-order valence-electron chi connectivity index (χ1n) is 11.5. The lowest BCUT2D eigenvalue weighted by atomic mass is 10.2. The summed E-state index contributed by atoms with van der Waals surface area (Å²) in [4.78, 5) is 17.7. The SMILES string of the molecule is Cc1cc(C)nc(N/C(=N/C(=S)Nc2ccc(C(F)(F)F)cc2)N2CCN(c3ccc(Cl)cc3)CC2)n1. The molecule has 2 heterocycles. The molecule has 12 heteroatoms. The van der Waals surface area contributed by atoms with Gasteiger partial charge in [-0.25, -0.2) is 9.97 Å². The minimum atomic E-state index is -4.41. The third kappa shape index (κ3) is 7.30. The van der Waals surface area contributed by atoms with Crippen LogP contribution in [0.1, 0.15) is 17.0 Å². The number of thiocarbonyl (C=S) groups is 1. The summed E-state index contributed by atoms with van der Waals surface area (Å²) in [6.07, 6.45) is -4.41. The summed E-state index contributed by atoms with van der Waals surface area (Å²) in [5, 5.41) is 6.84. The molecule has 1 aromatic heterocycles. The number of piperazine rings is 1. The number of hydrogen-bond donors (Lipinski definition) is 2. The predicted octanol–water partition coefficient (Wildman–Crippen LogP) is 5.75. The molecule has 0 aliphatic carbocycles. The van der Waals surface area contributed by atoms with Crippen molar-refractivity contribution in [3.63, 3.8) is 0 Å². The van der Waals surface area contributed by atoms with E-state index in [1.807, 2.05) is 49.1 Å². The van der Waals surface area contributed by atoms with Crippen LogP contribution in [0.15, 0.2) is 59.6 Å². The summed E-state index contributed by atoms with van der Waals surface area (Å²) in [7, 11) is 0. The zero-order valence-corrected chi connectivity index (χ0v) is 21.8. The van der Waals surface area contributed by atoms with E-state index >= 15 is 0 Å². The van der Waals surface area contributed by atoms with Gasteiger partial charge in [-0.2, -0.15) is 18.2 Å². The third-order valence-corrected chi connectivity index (χ3v) is 6.09. The normalized spacial score (nSPS) is 14.5. The van der Waals surface area contributed by atoms with Gasteiger partial charge < -0.3 is 15.1 Å². The van der Waals surface area contributed by atoms with Crippen molar-refractivity contribution in [2.45, 2.75) is 20.0 Å². The average molecular weight is 548 g/mol. The van der Waals surface area contributed by atoms with E-state index < -0.39 is 11.7 Å². The number of aromatic nitrogens is 2. The second-order valence-corrected chi connectivity index (χ2v) is 9.31. The topological polar surface area (TPSA) is 68.7 Å². The van der Waals surface area contributed by atoms with E-state index in [1.165, 1.54) is 12.1 Å². The Morgan fingerprint density at radius 1 is 0.919 bits per heavy atom. The standard InChI is InChI=1S/C25H25ClF3N7S/c1-16-15-17(2)31-22(30-16)33-23(34-24(37)32-20-7-3-18(4-8-20)25(27,28)29)36-13-11-35(12-14-36)21-9-5-19(26)6-10-21/h3-10,15H,11-14H2,1-2H3,(H2,30,31,32,33,34,37). The van der Waals surface area contributed by atoms with Gasteiger partial charge in [0.05, 0.1) is 5.56 Å². The molecule has 1 aliphatic heterocycles. The van der Waals surface area contributed by atoms with Crippen molar-refractivity contribution in [2.75, 3.05) is 41.7 Å². The molecular formula is C25H25ClF3N7S. The maximum atomic E-state index is 12.9. The van der Waals surface area contributed by atoms with Gasteiger partial charge in [0.15, 0.2) is 0 Å². The highest BCUT2D eigenvalue weighted by molar-refractivity contribution is 7.80. The van der Waals surface area contributed by atoms with Gasteiger partial charge in [-0.05, 0) is 80.7 Å². The molecule has 37 heavy (non-hydrogen) atoms. The van der Waals surface area contributed by atoms with Crippen LogP contribution in [0.2, 0.25) is 5.02 Å². The van der Waals surface area contributed by atoms with Crippen LogP contribution < -0.4 is 15.5 Å². The Morgan fingerprint density at radius 2 is 1.51 bits per heavy atom. The molecule has 7 nitrogen and oxygen atoms in total. The molecule has 2 N–H and O–H groups in total. The van der Waals surface area contributed by atoms with Gasteiger partial charge in [0.25, 0.3) is 0 Å². The smallest absolute Gasteiger partial charge is 0.368 e. The fourth-order valence-electron chi connectivity index (χ4n) is 3.88. The molecule has 0 bridgehead atoms. The molecule has 0 atom stereocenters. The van der Waals surface area contributed by atoms with Gasteiger partial charge in [0.1, 0.15) is 0 Å². The molecule has 1 aliphatic rings. The van der Waals surface area contributed by atoms with Crippen LogP contribution in [-0.2, 0) is 6.18 Å². The molecule has 0 amide bonds. The average Bonchev–Trinajstić information content (AvgIpc) is 2.83. The van der Waals surface area contributed by atoms with Gasteiger partial charge in [0.2, 0.25) is 17.0 Å². The number of aryl methyl sites for hydroxylation is 2. The van der Waals surface area contributed by atoms with Gasteiger partial charge in [-0.15, -0.1) is 0 Å². The fraction of sp³-hybridized carbons (Fsp3) is 0.280. The highest BCUT2D eigenvalue weighted by Gasteiger charge is 2.30. The molecule has 0 unspecified atom stereocenters. The number of aliphatic imine (C=N–C) groups is 1. The highest BCUT2D eigenvalue weighted by Crippen LogP contribution is 2.30. The van der Waals surface area contributed by atoms with Crippen LogP contribution in [0.3, 0.4) is 0 Å². The Bertz CT molecular complexity index is 1250. The van der Waals surface area contributed by atoms with Gasteiger partial charge in [-0.3, -0.25) is 5.32 Å². The maximum Gasteiger partial charge on any atom is 0.416 e. The van der Waals surface area contributed by atoms with E-state index in [0.29, 0.717) is 35.7 Å². The van der Waals surface area contributed by atoms with Crippen molar-refractivity contribution in [2.24, 2.45) is 4.99 Å². The Balaban J connectivity index is 1.51. The van der Waals surface area contributed by atoms with Crippen molar-refractivity contribution >= 4 is 52.2 Å². The Hall–Kier alpha value is -3.44. The number of guanidine groups is 1. The number of nitrogens with zero attached hydrogens (tertiary/aromatic N) is 5. The summed E-state index contributed by atoms with van der Waals surface area (Å²) in [6.45, 7) is 6.49. The lowest BCUT2D eigenvalue weighted by molar-refractivity contribution is -0.137. The number of nitrogens with one attached hydrogen (secondary N) is 2. The molecule has 0 radical (unpaired) electrons. The number of anilines is 3. The minimum Gasteiger partial charge on any atom is -0.368 e. The monoisotopic (exact) mass is 547 g/mol. The first-order chi connectivity index (χ1) is 17.6. The van der Waals surface area contributed by atoms with E-state index in [2.05, 4.69) is 30.5 Å². The predicted molar refractivity (Wildman–Crippen MR) is 145 cm³/mol. The van der Waals surface area contributed by atoms with Crippen molar-refractivity contribution in [3.05, 3.63) is 76.6 Å². The van der Waals surface area contributed by atoms with Crippen LogP contribution in [0.5, 0.6) is 0 Å². The Labute approximate surface area is 223 Å². The lowest BCUT2D eigenvalue weighted by Gasteiger charge is -2.37. The molecule has 2 aromatic carbocycles. The fourth-order valence-corrected chi connectivity index (χ4v) is 4.21. The summed E-state index contributed by atoms with van der Waals surface area (Å²) in [5.41, 5.74) is 2.34. The van der Waals surface area contributed by atoms with E-state index in [-0.39, 0.29) is 5.11 Å². The summed E-state index contributed by atoms with van der Waals surface area (Å²) in [6, 6.07) is 14.2. The van der Waals surface area contributed by atoms with Crippen molar-refractivity contribution in [3.8, 4) is 0 Å².